The summed E-state index contributed by atoms with van der Waals surface area (Å²) in [6.07, 6.45) is 3.42. The van der Waals surface area contributed by atoms with Gasteiger partial charge in [0.2, 0.25) is 5.91 Å². The molecule has 0 saturated heterocycles. The molecule has 0 saturated carbocycles. The lowest BCUT2D eigenvalue weighted by Gasteiger charge is -2.22. The zero-order valence-corrected chi connectivity index (χ0v) is 19.2. The largest absolute Gasteiger partial charge is 0.373 e. The van der Waals surface area contributed by atoms with Gasteiger partial charge in [-0.05, 0) is 62.6 Å². The number of aliphatic hydroxyl groups is 1. The van der Waals surface area contributed by atoms with Crippen LogP contribution < -0.4 is 10.2 Å². The summed E-state index contributed by atoms with van der Waals surface area (Å²) in [5, 5.41) is 13.6. The van der Waals surface area contributed by atoms with Gasteiger partial charge >= 0.3 is 0 Å². The van der Waals surface area contributed by atoms with E-state index in [-0.39, 0.29) is 5.91 Å². The third-order valence-electron chi connectivity index (χ3n) is 6.03. The SMILES string of the molecule is CCNC(O)c1nc(N2C(=O)C(C)(C)c3ccc(-c4cnc(C)nc4)cc32)ccc1CC. The lowest BCUT2D eigenvalue weighted by Crippen LogP contribution is -2.34. The molecular formula is C25H29N5O2. The van der Waals surface area contributed by atoms with Crippen LogP contribution >= 0.6 is 0 Å². The van der Waals surface area contributed by atoms with E-state index >= 15 is 0 Å². The number of hydrogen-bond donors (Lipinski definition) is 2. The number of fused-ring (bicyclic) bond motifs is 1. The Morgan fingerprint density at radius 1 is 1.09 bits per heavy atom. The molecule has 7 nitrogen and oxygen atoms in total. The van der Waals surface area contributed by atoms with Crippen molar-refractivity contribution in [1.29, 1.82) is 0 Å². The zero-order valence-electron chi connectivity index (χ0n) is 19.2. The van der Waals surface area contributed by atoms with Crippen molar-refractivity contribution >= 4 is 17.4 Å². The molecule has 7 heteroatoms. The summed E-state index contributed by atoms with van der Waals surface area (Å²) < 4.78 is 0. The summed E-state index contributed by atoms with van der Waals surface area (Å²) in [5.41, 5.74) is 4.34. The van der Waals surface area contributed by atoms with E-state index in [4.69, 9.17) is 4.98 Å². The van der Waals surface area contributed by atoms with Crippen LogP contribution in [0, 0.1) is 6.92 Å². The molecule has 0 fully saturated rings. The van der Waals surface area contributed by atoms with Crippen molar-refractivity contribution in [2.75, 3.05) is 11.4 Å². The van der Waals surface area contributed by atoms with Crippen LogP contribution in [0.5, 0.6) is 0 Å². The number of carbonyl (C=O) groups is 1. The number of benzene rings is 1. The highest BCUT2D eigenvalue weighted by atomic mass is 16.3. The van der Waals surface area contributed by atoms with Crippen LogP contribution in [0.15, 0.2) is 42.7 Å². The van der Waals surface area contributed by atoms with E-state index in [0.29, 0.717) is 23.9 Å². The van der Waals surface area contributed by atoms with Crippen LogP contribution in [0.1, 0.15) is 56.6 Å². The van der Waals surface area contributed by atoms with Crippen LogP contribution in [0.25, 0.3) is 11.1 Å². The number of nitrogens with zero attached hydrogens (tertiary/aromatic N) is 4. The molecule has 0 aliphatic carbocycles. The van der Waals surface area contributed by atoms with Crippen molar-refractivity contribution in [3.63, 3.8) is 0 Å². The first kappa shape index (κ1) is 22.0. The Kier molecular flexibility index (Phi) is 5.79. The molecule has 0 bridgehead atoms. The Bertz CT molecular complexity index is 1160. The number of anilines is 2. The first-order valence-corrected chi connectivity index (χ1v) is 11.0. The smallest absolute Gasteiger partial charge is 0.242 e. The average Bonchev–Trinajstić information content (AvgIpc) is 2.99. The molecule has 4 rings (SSSR count). The van der Waals surface area contributed by atoms with Crippen molar-refractivity contribution in [1.82, 2.24) is 20.3 Å². The maximum atomic E-state index is 13.5. The zero-order chi connectivity index (χ0) is 23.0. The van der Waals surface area contributed by atoms with Crippen molar-refractivity contribution in [3.8, 4) is 11.1 Å². The molecule has 166 valence electrons. The van der Waals surface area contributed by atoms with E-state index < -0.39 is 11.6 Å². The predicted octanol–water partition coefficient (Wildman–Crippen LogP) is 3.97. The van der Waals surface area contributed by atoms with Gasteiger partial charge in [0.1, 0.15) is 17.9 Å². The molecule has 3 heterocycles. The molecule has 32 heavy (non-hydrogen) atoms. The molecule has 1 amide bonds. The second kappa shape index (κ2) is 8.41. The van der Waals surface area contributed by atoms with Crippen LogP contribution in [0.3, 0.4) is 0 Å². The molecule has 3 aromatic rings. The number of rotatable bonds is 6. The summed E-state index contributed by atoms with van der Waals surface area (Å²) in [6, 6.07) is 9.78. The van der Waals surface area contributed by atoms with E-state index in [1.165, 1.54) is 0 Å². The monoisotopic (exact) mass is 431 g/mol. The fraction of sp³-hybridized carbons (Fsp3) is 0.360. The summed E-state index contributed by atoms with van der Waals surface area (Å²) in [6.45, 7) is 10.3. The molecule has 1 aliphatic rings. The topological polar surface area (TPSA) is 91.2 Å². The van der Waals surface area contributed by atoms with Gasteiger partial charge in [0.05, 0.1) is 16.8 Å². The van der Waals surface area contributed by atoms with Crippen molar-refractivity contribution in [2.45, 2.75) is 52.7 Å². The van der Waals surface area contributed by atoms with Gasteiger partial charge in [-0.1, -0.05) is 32.0 Å². The van der Waals surface area contributed by atoms with Crippen molar-refractivity contribution in [3.05, 3.63) is 65.4 Å². The summed E-state index contributed by atoms with van der Waals surface area (Å²) in [4.78, 5) is 28.5. The van der Waals surface area contributed by atoms with Gasteiger partial charge in [-0.25, -0.2) is 15.0 Å². The van der Waals surface area contributed by atoms with E-state index in [1.54, 1.807) is 17.3 Å². The van der Waals surface area contributed by atoms with Gasteiger partial charge in [-0.15, -0.1) is 0 Å². The minimum absolute atomic E-state index is 0.0505. The third-order valence-corrected chi connectivity index (χ3v) is 6.03. The molecule has 1 unspecified atom stereocenters. The van der Waals surface area contributed by atoms with E-state index in [0.717, 1.165) is 34.4 Å². The number of aryl methyl sites for hydroxylation is 2. The molecule has 2 N–H and O–H groups in total. The summed E-state index contributed by atoms with van der Waals surface area (Å²) in [5.74, 6) is 1.16. The lowest BCUT2D eigenvalue weighted by atomic mass is 9.85. The normalized spacial score (nSPS) is 15.7. The van der Waals surface area contributed by atoms with E-state index in [2.05, 4.69) is 15.3 Å². The third kappa shape index (κ3) is 3.67. The summed E-state index contributed by atoms with van der Waals surface area (Å²) in [7, 11) is 0. The van der Waals surface area contributed by atoms with Crippen LogP contribution in [0.2, 0.25) is 0 Å². The van der Waals surface area contributed by atoms with Gasteiger partial charge < -0.3 is 5.11 Å². The fourth-order valence-corrected chi connectivity index (χ4v) is 4.14. The molecule has 1 atom stereocenters. The van der Waals surface area contributed by atoms with Crippen LogP contribution in [0.4, 0.5) is 11.5 Å². The lowest BCUT2D eigenvalue weighted by molar-refractivity contribution is -0.121. The highest BCUT2D eigenvalue weighted by Crippen LogP contribution is 2.46. The molecular weight excluding hydrogens is 402 g/mol. The number of amides is 1. The second-order valence-electron chi connectivity index (χ2n) is 8.54. The Hall–Kier alpha value is -3.16. The average molecular weight is 432 g/mol. The number of carbonyl (C=O) groups excluding carboxylic acids is 1. The maximum absolute atomic E-state index is 13.5. The van der Waals surface area contributed by atoms with E-state index in [9.17, 15) is 9.90 Å². The predicted molar refractivity (Wildman–Crippen MR) is 125 cm³/mol. The van der Waals surface area contributed by atoms with Gasteiger partial charge in [0.25, 0.3) is 0 Å². The molecule has 1 aliphatic heterocycles. The number of aromatic nitrogens is 3. The molecule has 0 radical (unpaired) electrons. The van der Waals surface area contributed by atoms with Gasteiger partial charge in [0.15, 0.2) is 0 Å². The minimum Gasteiger partial charge on any atom is -0.373 e. The number of hydrogen-bond acceptors (Lipinski definition) is 6. The first-order valence-electron chi connectivity index (χ1n) is 11.0. The minimum atomic E-state index is -0.892. The standard InChI is InChI=1S/C25H29N5O2/c1-6-16-9-11-21(29-22(16)23(31)26-7-2)30-20-12-17(18-13-27-15(3)28-14-18)8-10-19(20)25(4,5)24(30)32/h8-14,23,26,31H,6-7H2,1-5H3. The molecule has 0 spiro atoms. The quantitative estimate of drug-likeness (QED) is 0.574. The first-order chi connectivity index (χ1) is 15.3. The van der Waals surface area contributed by atoms with Gasteiger partial charge in [0, 0.05) is 18.0 Å². The van der Waals surface area contributed by atoms with Crippen LogP contribution in [-0.4, -0.2) is 32.5 Å². The van der Waals surface area contributed by atoms with Gasteiger partial charge in [-0.3, -0.25) is 15.0 Å². The van der Waals surface area contributed by atoms with Crippen LogP contribution in [-0.2, 0) is 16.6 Å². The Labute approximate surface area is 188 Å². The van der Waals surface area contributed by atoms with Gasteiger partial charge in [-0.2, -0.15) is 0 Å². The molecule has 2 aromatic heterocycles. The number of aliphatic hydroxyl groups excluding tert-OH is 1. The Morgan fingerprint density at radius 2 is 1.81 bits per heavy atom. The van der Waals surface area contributed by atoms with Crippen molar-refractivity contribution < 1.29 is 9.90 Å². The Morgan fingerprint density at radius 3 is 2.47 bits per heavy atom. The summed E-state index contributed by atoms with van der Waals surface area (Å²) >= 11 is 0. The number of pyridine rings is 1. The van der Waals surface area contributed by atoms with E-state index in [1.807, 2.05) is 65.0 Å². The molecule has 1 aromatic carbocycles. The van der Waals surface area contributed by atoms with Crippen molar-refractivity contribution in [2.24, 2.45) is 0 Å². The highest BCUT2D eigenvalue weighted by molar-refractivity contribution is 6.12. The number of nitrogens with one attached hydrogen (secondary N) is 1. The maximum Gasteiger partial charge on any atom is 0.242 e. The fourth-order valence-electron chi connectivity index (χ4n) is 4.14. The Balaban J connectivity index is 1.84. The second-order valence-corrected chi connectivity index (χ2v) is 8.54. The highest BCUT2D eigenvalue weighted by Gasteiger charge is 2.45.